The first-order valence-electron chi connectivity index (χ1n) is 7.42. The van der Waals surface area contributed by atoms with E-state index in [-0.39, 0.29) is 0 Å². The van der Waals surface area contributed by atoms with Crippen LogP contribution >= 0.6 is 0 Å². The van der Waals surface area contributed by atoms with Gasteiger partial charge in [-0.3, -0.25) is 0 Å². The summed E-state index contributed by atoms with van der Waals surface area (Å²) in [6.45, 7) is 3.25. The summed E-state index contributed by atoms with van der Waals surface area (Å²) in [5.74, 6) is 3.32. The Labute approximate surface area is 121 Å². The third kappa shape index (κ3) is 4.25. The van der Waals surface area contributed by atoms with Gasteiger partial charge in [-0.05, 0) is 24.7 Å². The van der Waals surface area contributed by atoms with Crippen molar-refractivity contribution in [3.8, 4) is 11.8 Å². The fourth-order valence-corrected chi connectivity index (χ4v) is 2.90. The molecule has 0 spiro atoms. The Balaban J connectivity index is 1.84. The zero-order valence-corrected chi connectivity index (χ0v) is 12.7. The van der Waals surface area contributed by atoms with Gasteiger partial charge in [0.25, 0.3) is 0 Å². The van der Waals surface area contributed by atoms with Crippen LogP contribution < -0.4 is 14.8 Å². The summed E-state index contributed by atoms with van der Waals surface area (Å²) in [6.07, 6.45) is 6.64. The number of nitrogens with one attached hydrogen (secondary N) is 1. The lowest BCUT2D eigenvalue weighted by molar-refractivity contribution is 0.274. The highest BCUT2D eigenvalue weighted by molar-refractivity contribution is 5.33. The molecule has 112 valence electrons. The van der Waals surface area contributed by atoms with Gasteiger partial charge in [-0.15, -0.1) is 0 Å². The Morgan fingerprint density at radius 3 is 2.50 bits per heavy atom. The lowest BCUT2D eigenvalue weighted by Crippen LogP contribution is -2.17. The molecular formula is C15H25N3O2. The van der Waals surface area contributed by atoms with E-state index in [9.17, 15) is 0 Å². The maximum Gasteiger partial charge on any atom is 0.229 e. The topological polar surface area (TPSA) is 56.3 Å². The minimum atomic E-state index is 0.519. The highest BCUT2D eigenvalue weighted by Crippen LogP contribution is 2.30. The average molecular weight is 279 g/mol. The molecule has 1 aliphatic carbocycles. The first-order valence-corrected chi connectivity index (χ1v) is 7.42. The van der Waals surface area contributed by atoms with Crippen LogP contribution in [0.15, 0.2) is 6.07 Å². The van der Waals surface area contributed by atoms with Crippen molar-refractivity contribution in [3.05, 3.63) is 6.07 Å². The number of hydrogen-bond donors (Lipinski definition) is 1. The molecule has 0 saturated heterocycles. The zero-order chi connectivity index (χ0) is 14.4. The van der Waals surface area contributed by atoms with Crippen molar-refractivity contribution in [1.82, 2.24) is 9.97 Å². The first kappa shape index (κ1) is 14.9. The lowest BCUT2D eigenvalue weighted by Gasteiger charge is -2.26. The van der Waals surface area contributed by atoms with Crippen molar-refractivity contribution in [2.75, 3.05) is 26.1 Å². The molecule has 0 radical (unpaired) electrons. The molecule has 0 bridgehead atoms. The van der Waals surface area contributed by atoms with E-state index >= 15 is 0 Å². The molecular weight excluding hydrogens is 254 g/mol. The van der Waals surface area contributed by atoms with E-state index in [4.69, 9.17) is 9.47 Å². The molecule has 5 heteroatoms. The van der Waals surface area contributed by atoms with Crippen LogP contribution in [-0.4, -0.2) is 30.7 Å². The predicted octanol–water partition coefficient (Wildman–Crippen LogP) is 3.12. The quantitative estimate of drug-likeness (QED) is 0.867. The summed E-state index contributed by atoms with van der Waals surface area (Å²) in [4.78, 5) is 8.55. The Morgan fingerprint density at radius 1 is 1.20 bits per heavy atom. The summed E-state index contributed by atoms with van der Waals surface area (Å²) < 4.78 is 10.3. The SMILES string of the molecule is COc1cc(OC)nc(NCCC2CCCC(C)C2)n1. The zero-order valence-electron chi connectivity index (χ0n) is 12.7. The van der Waals surface area contributed by atoms with Crippen molar-refractivity contribution in [3.63, 3.8) is 0 Å². The summed E-state index contributed by atoms with van der Waals surface area (Å²) in [7, 11) is 3.18. The summed E-state index contributed by atoms with van der Waals surface area (Å²) in [5, 5.41) is 3.27. The van der Waals surface area contributed by atoms with Gasteiger partial charge in [0, 0.05) is 6.54 Å². The van der Waals surface area contributed by atoms with Gasteiger partial charge >= 0.3 is 0 Å². The summed E-state index contributed by atoms with van der Waals surface area (Å²) >= 11 is 0. The number of methoxy groups -OCH3 is 2. The number of ether oxygens (including phenoxy) is 2. The fraction of sp³-hybridized carbons (Fsp3) is 0.733. The number of hydrogen-bond acceptors (Lipinski definition) is 5. The minimum absolute atomic E-state index is 0.519. The monoisotopic (exact) mass is 279 g/mol. The molecule has 2 rings (SSSR count). The second-order valence-corrected chi connectivity index (χ2v) is 5.63. The van der Waals surface area contributed by atoms with E-state index in [1.165, 1.54) is 32.1 Å². The maximum absolute atomic E-state index is 5.14. The Bertz CT molecular complexity index is 403. The van der Waals surface area contributed by atoms with Crippen LogP contribution in [0.3, 0.4) is 0 Å². The Morgan fingerprint density at radius 2 is 1.90 bits per heavy atom. The van der Waals surface area contributed by atoms with Gasteiger partial charge in [-0.1, -0.05) is 26.2 Å². The molecule has 1 aromatic heterocycles. The molecule has 0 aromatic carbocycles. The van der Waals surface area contributed by atoms with Crippen LogP contribution in [0, 0.1) is 11.8 Å². The van der Waals surface area contributed by atoms with E-state index in [2.05, 4.69) is 22.2 Å². The predicted molar refractivity (Wildman–Crippen MR) is 79.4 cm³/mol. The molecule has 1 heterocycles. The van der Waals surface area contributed by atoms with Gasteiger partial charge < -0.3 is 14.8 Å². The van der Waals surface area contributed by atoms with E-state index in [0.29, 0.717) is 17.7 Å². The molecule has 1 fully saturated rings. The van der Waals surface area contributed by atoms with Crippen molar-refractivity contribution in [1.29, 1.82) is 0 Å². The van der Waals surface area contributed by atoms with Crippen LogP contribution in [-0.2, 0) is 0 Å². The van der Waals surface area contributed by atoms with Crippen molar-refractivity contribution in [2.45, 2.75) is 39.0 Å². The van der Waals surface area contributed by atoms with E-state index < -0.39 is 0 Å². The number of aromatic nitrogens is 2. The van der Waals surface area contributed by atoms with Gasteiger partial charge in [0.2, 0.25) is 17.7 Å². The van der Waals surface area contributed by atoms with Crippen LogP contribution in [0.4, 0.5) is 5.95 Å². The standard InChI is InChI=1S/C15H25N3O2/c1-11-5-4-6-12(9-11)7-8-16-15-17-13(19-2)10-14(18-15)20-3/h10-12H,4-9H2,1-3H3,(H,16,17,18). The smallest absolute Gasteiger partial charge is 0.229 e. The molecule has 0 amide bonds. The second-order valence-electron chi connectivity index (χ2n) is 5.63. The number of anilines is 1. The van der Waals surface area contributed by atoms with Crippen molar-refractivity contribution < 1.29 is 9.47 Å². The number of rotatable bonds is 6. The highest BCUT2D eigenvalue weighted by atomic mass is 16.5. The van der Waals surface area contributed by atoms with Crippen LogP contribution in [0.25, 0.3) is 0 Å². The third-order valence-electron chi connectivity index (χ3n) is 3.98. The largest absolute Gasteiger partial charge is 0.481 e. The average Bonchev–Trinajstić information content (AvgIpc) is 2.47. The van der Waals surface area contributed by atoms with Crippen LogP contribution in [0.2, 0.25) is 0 Å². The molecule has 1 saturated carbocycles. The van der Waals surface area contributed by atoms with E-state index in [0.717, 1.165) is 18.4 Å². The lowest BCUT2D eigenvalue weighted by atomic mass is 9.81. The Kier molecular flexibility index (Phi) is 5.44. The molecule has 20 heavy (non-hydrogen) atoms. The summed E-state index contributed by atoms with van der Waals surface area (Å²) in [5.41, 5.74) is 0. The van der Waals surface area contributed by atoms with E-state index in [1.807, 2.05) is 0 Å². The van der Waals surface area contributed by atoms with Gasteiger partial charge in [-0.25, -0.2) is 0 Å². The highest BCUT2D eigenvalue weighted by Gasteiger charge is 2.18. The minimum Gasteiger partial charge on any atom is -0.481 e. The van der Waals surface area contributed by atoms with Crippen LogP contribution in [0.5, 0.6) is 11.8 Å². The molecule has 5 nitrogen and oxygen atoms in total. The summed E-state index contributed by atoms with van der Waals surface area (Å²) in [6, 6.07) is 1.67. The Hall–Kier alpha value is -1.52. The molecule has 1 aliphatic rings. The van der Waals surface area contributed by atoms with Crippen molar-refractivity contribution >= 4 is 5.95 Å². The molecule has 2 atom stereocenters. The van der Waals surface area contributed by atoms with Gasteiger partial charge in [0.1, 0.15) is 0 Å². The maximum atomic E-state index is 5.14. The first-order chi connectivity index (χ1) is 9.71. The normalized spacial score (nSPS) is 22.4. The van der Waals surface area contributed by atoms with Crippen LogP contribution in [0.1, 0.15) is 39.0 Å². The van der Waals surface area contributed by atoms with Gasteiger partial charge in [0.15, 0.2) is 0 Å². The molecule has 2 unspecified atom stereocenters. The third-order valence-corrected chi connectivity index (χ3v) is 3.98. The van der Waals surface area contributed by atoms with Gasteiger partial charge in [0.05, 0.1) is 20.3 Å². The number of nitrogens with zero attached hydrogens (tertiary/aromatic N) is 2. The fourth-order valence-electron chi connectivity index (χ4n) is 2.90. The van der Waals surface area contributed by atoms with Crippen molar-refractivity contribution in [2.24, 2.45) is 11.8 Å². The molecule has 1 aromatic rings. The second kappa shape index (κ2) is 7.31. The molecule has 0 aliphatic heterocycles. The van der Waals surface area contributed by atoms with E-state index in [1.54, 1.807) is 20.3 Å². The van der Waals surface area contributed by atoms with Gasteiger partial charge in [-0.2, -0.15) is 9.97 Å². The molecule has 1 N–H and O–H groups in total.